The molecule has 1 aromatic heterocycles. The fourth-order valence-electron chi connectivity index (χ4n) is 3.07. The summed E-state index contributed by atoms with van der Waals surface area (Å²) < 4.78 is 5.33. The number of aromatic nitrogens is 1. The molecule has 1 fully saturated rings. The number of aryl methyl sites for hydroxylation is 2. The van der Waals surface area contributed by atoms with Crippen molar-refractivity contribution in [2.75, 3.05) is 39.4 Å². The highest BCUT2D eigenvalue weighted by Crippen LogP contribution is 2.23. The van der Waals surface area contributed by atoms with Gasteiger partial charge in [0, 0.05) is 48.7 Å². The van der Waals surface area contributed by atoms with Gasteiger partial charge in [0.25, 0.3) is 12.4 Å². The van der Waals surface area contributed by atoms with E-state index in [2.05, 4.69) is 21.3 Å². The van der Waals surface area contributed by atoms with Gasteiger partial charge in [-0.15, -0.1) is 0 Å². The van der Waals surface area contributed by atoms with E-state index in [1.54, 1.807) is 0 Å². The summed E-state index contributed by atoms with van der Waals surface area (Å²) in [4.78, 5) is 27.6. The molecule has 7 nitrogen and oxygen atoms in total. The summed E-state index contributed by atoms with van der Waals surface area (Å²) in [6.45, 7) is 8.66. The van der Waals surface area contributed by atoms with Crippen LogP contribution in [-0.4, -0.2) is 66.8 Å². The average Bonchev–Trinajstić information content (AvgIpc) is 2.69. The Labute approximate surface area is 165 Å². The van der Waals surface area contributed by atoms with Crippen LogP contribution < -0.4 is 5.32 Å². The lowest BCUT2D eigenvalue weighted by atomic mass is 10.0. The van der Waals surface area contributed by atoms with Crippen LogP contribution in [0.5, 0.6) is 0 Å². The van der Waals surface area contributed by atoms with Crippen LogP contribution in [0.4, 0.5) is 0 Å². The minimum absolute atomic E-state index is 0.0344. The van der Waals surface area contributed by atoms with Crippen molar-refractivity contribution in [3.05, 3.63) is 53.3 Å². The zero-order valence-corrected chi connectivity index (χ0v) is 16.4. The number of rotatable bonds is 5. The molecule has 3 rings (SSSR count). The van der Waals surface area contributed by atoms with E-state index in [4.69, 9.17) is 14.6 Å². The fourth-order valence-corrected chi connectivity index (χ4v) is 3.07. The molecule has 0 aliphatic carbocycles. The summed E-state index contributed by atoms with van der Waals surface area (Å²) >= 11 is 0. The molecule has 28 heavy (non-hydrogen) atoms. The van der Waals surface area contributed by atoms with Gasteiger partial charge in [-0.3, -0.25) is 19.5 Å². The van der Waals surface area contributed by atoms with Crippen LogP contribution in [0, 0.1) is 13.8 Å². The summed E-state index contributed by atoms with van der Waals surface area (Å²) in [6.07, 6.45) is 0. The number of nitrogens with one attached hydrogen (secondary N) is 1. The van der Waals surface area contributed by atoms with Crippen molar-refractivity contribution in [3.8, 4) is 11.1 Å². The molecule has 7 heteroatoms. The number of carbonyl (C=O) groups is 2. The van der Waals surface area contributed by atoms with Gasteiger partial charge >= 0.3 is 0 Å². The molecule has 1 aliphatic heterocycles. The minimum atomic E-state index is -0.250. The van der Waals surface area contributed by atoms with Gasteiger partial charge in [0.15, 0.2) is 0 Å². The van der Waals surface area contributed by atoms with Crippen LogP contribution in [0.15, 0.2) is 36.4 Å². The van der Waals surface area contributed by atoms with Crippen LogP contribution in [0.3, 0.4) is 0 Å². The molecule has 0 unspecified atom stereocenters. The predicted molar refractivity (Wildman–Crippen MR) is 107 cm³/mol. The third-order valence-corrected chi connectivity index (χ3v) is 4.48. The predicted octanol–water partition coefficient (Wildman–Crippen LogP) is 2.13. The molecule has 1 aliphatic rings. The molecule has 1 aromatic carbocycles. The number of ether oxygens (including phenoxy) is 1. The zero-order valence-electron chi connectivity index (χ0n) is 16.4. The maximum atomic E-state index is 12.4. The molecule has 0 spiro atoms. The summed E-state index contributed by atoms with van der Waals surface area (Å²) in [5, 5.41) is 9.90. The smallest absolute Gasteiger partial charge is 0.290 e. The number of carbonyl (C=O) groups excluding carboxylic acids is 1. The molecule has 2 aromatic rings. The first-order valence-electron chi connectivity index (χ1n) is 9.26. The lowest BCUT2D eigenvalue weighted by Crippen LogP contribution is -2.41. The van der Waals surface area contributed by atoms with Crippen LogP contribution in [0.2, 0.25) is 0 Å². The van der Waals surface area contributed by atoms with E-state index in [0.29, 0.717) is 12.1 Å². The second-order valence-corrected chi connectivity index (χ2v) is 6.48. The highest BCUT2D eigenvalue weighted by molar-refractivity contribution is 5.95. The highest BCUT2D eigenvalue weighted by atomic mass is 16.5. The Morgan fingerprint density at radius 3 is 2.64 bits per heavy atom. The SMILES string of the molecule is Cc1ccc(-c2cccc(C(=O)NCCN3CCOCC3)c2)c(C)n1.O=CO. The molecule has 1 amide bonds. The Kier molecular flexibility index (Phi) is 8.58. The second kappa shape index (κ2) is 11.2. The van der Waals surface area contributed by atoms with Crippen LogP contribution in [0.1, 0.15) is 21.7 Å². The van der Waals surface area contributed by atoms with Crippen molar-refractivity contribution in [1.29, 1.82) is 0 Å². The number of amides is 1. The number of benzene rings is 1. The second-order valence-electron chi connectivity index (χ2n) is 6.48. The number of hydrogen-bond acceptors (Lipinski definition) is 5. The molecule has 2 heterocycles. The number of hydrogen-bond donors (Lipinski definition) is 2. The van der Waals surface area contributed by atoms with E-state index in [1.165, 1.54) is 0 Å². The maximum Gasteiger partial charge on any atom is 0.290 e. The zero-order chi connectivity index (χ0) is 20.4. The van der Waals surface area contributed by atoms with E-state index < -0.39 is 0 Å². The van der Waals surface area contributed by atoms with Gasteiger partial charge in [0.1, 0.15) is 0 Å². The van der Waals surface area contributed by atoms with E-state index in [1.807, 2.05) is 44.2 Å². The van der Waals surface area contributed by atoms with Gasteiger partial charge in [0.2, 0.25) is 0 Å². The van der Waals surface area contributed by atoms with Crippen molar-refractivity contribution in [2.45, 2.75) is 13.8 Å². The van der Waals surface area contributed by atoms with Crippen molar-refractivity contribution in [3.63, 3.8) is 0 Å². The largest absolute Gasteiger partial charge is 0.483 e. The van der Waals surface area contributed by atoms with Gasteiger partial charge in [0.05, 0.1) is 13.2 Å². The molecular formula is C21H27N3O4. The van der Waals surface area contributed by atoms with E-state index in [-0.39, 0.29) is 12.4 Å². The number of pyridine rings is 1. The first-order chi connectivity index (χ1) is 13.5. The van der Waals surface area contributed by atoms with Crippen molar-refractivity contribution >= 4 is 12.4 Å². The lowest BCUT2D eigenvalue weighted by Gasteiger charge is -2.26. The number of morpholine rings is 1. The van der Waals surface area contributed by atoms with Crippen LogP contribution in [0.25, 0.3) is 11.1 Å². The molecular weight excluding hydrogens is 358 g/mol. The van der Waals surface area contributed by atoms with Crippen LogP contribution in [-0.2, 0) is 9.53 Å². The lowest BCUT2D eigenvalue weighted by molar-refractivity contribution is -0.122. The molecule has 150 valence electrons. The first kappa shape index (κ1) is 21.5. The molecule has 2 N–H and O–H groups in total. The van der Waals surface area contributed by atoms with Gasteiger partial charge in [-0.2, -0.15) is 0 Å². The Balaban J connectivity index is 0.000000878. The number of carboxylic acid groups (broad SMARTS) is 1. The minimum Gasteiger partial charge on any atom is -0.483 e. The molecule has 0 radical (unpaired) electrons. The molecule has 1 saturated heterocycles. The van der Waals surface area contributed by atoms with Crippen molar-refractivity contribution < 1.29 is 19.4 Å². The summed E-state index contributed by atoms with van der Waals surface area (Å²) in [7, 11) is 0. The maximum absolute atomic E-state index is 12.4. The third kappa shape index (κ3) is 6.44. The van der Waals surface area contributed by atoms with E-state index in [9.17, 15) is 4.79 Å². The Morgan fingerprint density at radius 1 is 1.25 bits per heavy atom. The Bertz CT molecular complexity index is 789. The summed E-state index contributed by atoms with van der Waals surface area (Å²) in [6, 6.07) is 11.8. The fraction of sp³-hybridized carbons (Fsp3) is 0.381. The molecule has 0 atom stereocenters. The standard InChI is InChI=1S/C20H25N3O2.CH2O2/c1-15-6-7-19(16(2)22-15)17-4-3-5-18(14-17)20(24)21-8-9-23-10-12-25-13-11-23;2-1-3/h3-7,14H,8-13H2,1-2H3,(H,21,24);1H,(H,2,3). The van der Waals surface area contributed by atoms with Crippen molar-refractivity contribution in [2.24, 2.45) is 0 Å². The van der Waals surface area contributed by atoms with E-state index in [0.717, 1.165) is 55.4 Å². The van der Waals surface area contributed by atoms with Crippen LogP contribution >= 0.6 is 0 Å². The van der Waals surface area contributed by atoms with Gasteiger partial charge in [-0.25, -0.2) is 0 Å². The van der Waals surface area contributed by atoms with E-state index >= 15 is 0 Å². The van der Waals surface area contributed by atoms with Gasteiger partial charge in [-0.1, -0.05) is 18.2 Å². The molecule has 0 saturated carbocycles. The average molecular weight is 385 g/mol. The van der Waals surface area contributed by atoms with Gasteiger partial charge in [-0.05, 0) is 37.6 Å². The molecule has 0 bridgehead atoms. The van der Waals surface area contributed by atoms with Crippen molar-refractivity contribution in [1.82, 2.24) is 15.2 Å². The quantitative estimate of drug-likeness (QED) is 0.766. The summed E-state index contributed by atoms with van der Waals surface area (Å²) in [5.74, 6) is -0.0344. The normalized spacial score (nSPS) is 13.9. The Morgan fingerprint density at radius 2 is 1.96 bits per heavy atom. The number of nitrogens with zero attached hydrogens (tertiary/aromatic N) is 2. The first-order valence-corrected chi connectivity index (χ1v) is 9.26. The monoisotopic (exact) mass is 385 g/mol. The summed E-state index contributed by atoms with van der Waals surface area (Å²) in [5.41, 5.74) is 4.74. The topological polar surface area (TPSA) is 91.8 Å². The highest BCUT2D eigenvalue weighted by Gasteiger charge is 2.12. The third-order valence-electron chi connectivity index (χ3n) is 4.48. The van der Waals surface area contributed by atoms with Gasteiger partial charge < -0.3 is 15.2 Å². The Hall–Kier alpha value is -2.77.